The third-order valence-corrected chi connectivity index (χ3v) is 2.06. The van der Waals surface area contributed by atoms with Gasteiger partial charge in [-0.2, -0.15) is 5.01 Å². The summed E-state index contributed by atoms with van der Waals surface area (Å²) < 4.78 is 4.53. The maximum atomic E-state index is 11.1. The number of methoxy groups -OCH3 is 1. The van der Waals surface area contributed by atoms with Gasteiger partial charge in [0.1, 0.15) is 0 Å². The summed E-state index contributed by atoms with van der Waals surface area (Å²) in [6, 6.07) is 0. The van der Waals surface area contributed by atoms with Gasteiger partial charge in [-0.1, -0.05) is 0 Å². The van der Waals surface area contributed by atoms with E-state index in [0.29, 0.717) is 10.9 Å². The Labute approximate surface area is 85.9 Å². The minimum atomic E-state index is -0.511. The molecular weight excluding hydrogens is 204 g/mol. The first-order valence-electron chi connectivity index (χ1n) is 3.81. The van der Waals surface area contributed by atoms with Crippen molar-refractivity contribution in [2.75, 3.05) is 7.11 Å². The lowest BCUT2D eigenvalue weighted by atomic mass is 10.5. The number of allylic oxidation sites excluding steroid dienone is 1. The molecule has 2 heterocycles. The number of thiol groups is 1. The second-order valence-corrected chi connectivity index (χ2v) is 3.02. The van der Waals surface area contributed by atoms with Crippen molar-refractivity contribution >= 4 is 24.9 Å². The molecule has 0 bridgehead atoms. The van der Waals surface area contributed by atoms with E-state index in [4.69, 9.17) is 0 Å². The quantitative estimate of drug-likeness (QED) is 0.572. The van der Waals surface area contributed by atoms with Crippen molar-refractivity contribution in [2.45, 2.75) is 0 Å². The number of nitrogens with one attached hydrogen (secondary N) is 1. The van der Waals surface area contributed by atoms with Gasteiger partial charge in [-0.3, -0.25) is 0 Å². The zero-order valence-corrected chi connectivity index (χ0v) is 8.23. The molecular formula is C7H8N4O2S. The van der Waals surface area contributed by atoms with Crippen LogP contribution in [0.3, 0.4) is 0 Å². The van der Waals surface area contributed by atoms with E-state index in [9.17, 15) is 4.79 Å². The SMILES string of the molecule is COC(=O)N1C=C2N=CC=C(S)N2N1. The normalized spacial score (nSPS) is 19.0. The molecule has 0 spiro atoms. The van der Waals surface area contributed by atoms with Gasteiger partial charge < -0.3 is 4.74 Å². The summed E-state index contributed by atoms with van der Waals surface area (Å²) in [5.74, 6) is 0.586. The van der Waals surface area contributed by atoms with Crippen molar-refractivity contribution < 1.29 is 9.53 Å². The lowest BCUT2D eigenvalue weighted by molar-refractivity contribution is 0.102. The van der Waals surface area contributed by atoms with Crippen LogP contribution < -0.4 is 5.53 Å². The van der Waals surface area contributed by atoms with Crippen LogP contribution in [-0.2, 0) is 4.74 Å². The zero-order chi connectivity index (χ0) is 10.1. The summed E-state index contributed by atoms with van der Waals surface area (Å²) >= 11 is 4.19. The van der Waals surface area contributed by atoms with Crippen molar-refractivity contribution in [3.63, 3.8) is 0 Å². The monoisotopic (exact) mass is 212 g/mol. The van der Waals surface area contributed by atoms with Crippen LogP contribution in [0.5, 0.6) is 0 Å². The summed E-state index contributed by atoms with van der Waals surface area (Å²) in [5, 5.41) is 3.39. The van der Waals surface area contributed by atoms with Gasteiger partial charge in [0.2, 0.25) is 0 Å². The maximum absolute atomic E-state index is 11.1. The molecule has 6 nitrogen and oxygen atoms in total. The molecule has 0 aromatic heterocycles. The Hall–Kier alpha value is -1.47. The second-order valence-electron chi connectivity index (χ2n) is 2.57. The molecule has 1 N–H and O–H groups in total. The number of carbonyl (C=O) groups is 1. The lowest BCUT2D eigenvalue weighted by Gasteiger charge is -2.22. The van der Waals surface area contributed by atoms with Crippen molar-refractivity contribution in [3.8, 4) is 0 Å². The summed E-state index contributed by atoms with van der Waals surface area (Å²) in [4.78, 5) is 15.2. The molecule has 2 aliphatic heterocycles. The van der Waals surface area contributed by atoms with Crippen molar-refractivity contribution in [1.29, 1.82) is 0 Å². The van der Waals surface area contributed by atoms with E-state index in [1.165, 1.54) is 18.3 Å². The fourth-order valence-corrected chi connectivity index (χ4v) is 1.28. The molecule has 0 aliphatic carbocycles. The number of ether oxygens (including phenoxy) is 1. The number of rotatable bonds is 0. The van der Waals surface area contributed by atoms with Crippen LogP contribution in [0.25, 0.3) is 0 Å². The minimum Gasteiger partial charge on any atom is -0.452 e. The Morgan fingerprint density at radius 1 is 1.71 bits per heavy atom. The third-order valence-electron chi connectivity index (χ3n) is 1.71. The third kappa shape index (κ3) is 1.36. The van der Waals surface area contributed by atoms with Crippen LogP contribution in [0, 0.1) is 0 Å². The van der Waals surface area contributed by atoms with E-state index < -0.39 is 6.09 Å². The highest BCUT2D eigenvalue weighted by Gasteiger charge is 2.27. The first kappa shape index (κ1) is 9.10. The van der Waals surface area contributed by atoms with Crippen LogP contribution in [0.2, 0.25) is 0 Å². The number of hydrazine groups is 2. The lowest BCUT2D eigenvalue weighted by Crippen LogP contribution is -2.42. The average molecular weight is 212 g/mol. The second kappa shape index (κ2) is 3.35. The van der Waals surface area contributed by atoms with Crippen molar-refractivity contribution in [2.24, 2.45) is 4.99 Å². The van der Waals surface area contributed by atoms with Gasteiger partial charge in [-0.05, 0) is 6.08 Å². The summed E-state index contributed by atoms with van der Waals surface area (Å²) in [7, 11) is 1.31. The van der Waals surface area contributed by atoms with Crippen molar-refractivity contribution in [3.05, 3.63) is 23.1 Å². The molecule has 2 aliphatic rings. The van der Waals surface area contributed by atoms with Gasteiger partial charge in [0.15, 0.2) is 5.82 Å². The van der Waals surface area contributed by atoms with E-state index in [0.717, 1.165) is 0 Å². The highest BCUT2D eigenvalue weighted by molar-refractivity contribution is 7.84. The molecule has 14 heavy (non-hydrogen) atoms. The Kier molecular flexibility index (Phi) is 2.18. The molecule has 74 valence electrons. The van der Waals surface area contributed by atoms with E-state index in [2.05, 4.69) is 27.9 Å². The molecule has 1 amide bonds. The molecule has 0 atom stereocenters. The fourth-order valence-electron chi connectivity index (χ4n) is 1.07. The van der Waals surface area contributed by atoms with Gasteiger partial charge in [0.25, 0.3) is 0 Å². The number of fused-ring (bicyclic) bond motifs is 1. The molecule has 0 saturated heterocycles. The first-order chi connectivity index (χ1) is 6.72. The molecule has 7 heteroatoms. The molecule has 0 fully saturated rings. The Bertz CT molecular complexity index is 363. The standard InChI is InChI=1S/C7H8N4O2S/c1-13-7(12)10-4-5-8-3-2-6(14)11(5)9-10/h2-4,9,14H,1H3. The number of hydrogen-bond acceptors (Lipinski definition) is 6. The van der Waals surface area contributed by atoms with Crippen LogP contribution in [-0.4, -0.2) is 29.4 Å². The highest BCUT2D eigenvalue weighted by Crippen LogP contribution is 2.22. The Morgan fingerprint density at radius 2 is 2.50 bits per heavy atom. The van der Waals surface area contributed by atoms with Crippen LogP contribution in [0.4, 0.5) is 4.79 Å². The number of amides is 1. The molecule has 0 saturated carbocycles. The molecule has 0 radical (unpaired) electrons. The van der Waals surface area contributed by atoms with E-state index in [-0.39, 0.29) is 0 Å². The predicted molar refractivity (Wildman–Crippen MR) is 52.9 cm³/mol. The van der Waals surface area contributed by atoms with Gasteiger partial charge in [0, 0.05) is 6.21 Å². The van der Waals surface area contributed by atoms with Crippen LogP contribution in [0.15, 0.2) is 28.1 Å². The minimum absolute atomic E-state index is 0.511. The zero-order valence-electron chi connectivity index (χ0n) is 7.34. The topological polar surface area (TPSA) is 57.2 Å². The van der Waals surface area contributed by atoms with Gasteiger partial charge in [-0.15, -0.1) is 18.2 Å². The summed E-state index contributed by atoms with van der Waals surface area (Å²) in [6.45, 7) is 0. The molecule has 0 aromatic rings. The molecule has 0 aromatic carbocycles. The Morgan fingerprint density at radius 3 is 3.14 bits per heavy atom. The maximum Gasteiger partial charge on any atom is 0.429 e. The van der Waals surface area contributed by atoms with E-state index >= 15 is 0 Å². The highest BCUT2D eigenvalue weighted by atomic mass is 32.1. The van der Waals surface area contributed by atoms with Crippen molar-refractivity contribution in [1.82, 2.24) is 15.6 Å². The van der Waals surface area contributed by atoms with Gasteiger partial charge >= 0.3 is 6.09 Å². The average Bonchev–Trinajstić information content (AvgIpc) is 2.62. The number of hydrogen-bond donors (Lipinski definition) is 2. The van der Waals surface area contributed by atoms with Gasteiger partial charge in [0.05, 0.1) is 18.3 Å². The van der Waals surface area contributed by atoms with Crippen LogP contribution >= 0.6 is 12.6 Å². The Balaban J connectivity index is 2.20. The van der Waals surface area contributed by atoms with E-state index in [1.54, 1.807) is 17.3 Å². The largest absolute Gasteiger partial charge is 0.452 e. The molecule has 2 rings (SSSR count). The number of aliphatic imine (C=N–C) groups is 1. The fraction of sp³-hybridized carbons (Fsp3) is 0.143. The molecule has 0 unspecified atom stereocenters. The van der Waals surface area contributed by atoms with E-state index in [1.807, 2.05) is 0 Å². The first-order valence-corrected chi connectivity index (χ1v) is 4.26. The smallest absolute Gasteiger partial charge is 0.429 e. The van der Waals surface area contributed by atoms with Gasteiger partial charge in [-0.25, -0.2) is 14.8 Å². The predicted octanol–water partition coefficient (Wildman–Crippen LogP) is 0.445. The summed E-state index contributed by atoms with van der Waals surface area (Å²) in [5.41, 5.74) is 2.73. The number of carbonyl (C=O) groups excluding carboxylic acids is 1. The number of nitrogens with zero attached hydrogens (tertiary/aromatic N) is 3. The van der Waals surface area contributed by atoms with Crippen LogP contribution in [0.1, 0.15) is 0 Å². The summed E-state index contributed by atoms with van der Waals surface area (Å²) in [6.07, 6.45) is 4.32.